The number of thiophene rings is 1. The van der Waals surface area contributed by atoms with E-state index in [9.17, 15) is 4.79 Å². The molecule has 3 rings (SSSR count). The van der Waals surface area contributed by atoms with Crippen molar-refractivity contribution in [3.05, 3.63) is 56.2 Å². The Morgan fingerprint density at radius 3 is 2.94 bits per heavy atom. The highest BCUT2D eigenvalue weighted by Gasteiger charge is 2.23. The van der Waals surface area contributed by atoms with E-state index in [0.717, 1.165) is 23.0 Å². The number of rotatable bonds is 2. The van der Waals surface area contributed by atoms with Crippen LogP contribution in [-0.4, -0.2) is 17.4 Å². The van der Waals surface area contributed by atoms with Crippen LogP contribution in [0.4, 0.5) is 0 Å². The molecule has 0 saturated carbocycles. The average molecular weight is 322 g/mol. The fourth-order valence-electron chi connectivity index (χ4n) is 2.25. The first-order valence-electron chi connectivity index (χ1n) is 5.84. The largest absolute Gasteiger partial charge is 0.333 e. The summed E-state index contributed by atoms with van der Waals surface area (Å²) in [5, 5.41) is 2.05. The van der Waals surface area contributed by atoms with E-state index < -0.39 is 0 Å². The van der Waals surface area contributed by atoms with E-state index in [1.807, 2.05) is 29.2 Å². The lowest BCUT2D eigenvalue weighted by atomic mass is 9.99. The van der Waals surface area contributed by atoms with Crippen LogP contribution in [0.1, 0.15) is 20.8 Å². The molecular formula is C14H12BrNOS. The quantitative estimate of drug-likeness (QED) is 0.825. The molecule has 1 aliphatic rings. The van der Waals surface area contributed by atoms with Gasteiger partial charge in [-0.2, -0.15) is 0 Å². The van der Waals surface area contributed by atoms with Crippen molar-refractivity contribution in [2.75, 3.05) is 6.54 Å². The van der Waals surface area contributed by atoms with Crippen LogP contribution in [0.15, 0.2) is 40.2 Å². The Kier molecular flexibility index (Phi) is 3.22. The van der Waals surface area contributed by atoms with Crippen LogP contribution in [0, 0.1) is 0 Å². The normalized spacial score (nSPS) is 14.7. The maximum atomic E-state index is 12.3. The first-order chi connectivity index (χ1) is 8.74. The van der Waals surface area contributed by atoms with Gasteiger partial charge < -0.3 is 4.90 Å². The van der Waals surface area contributed by atoms with Crippen molar-refractivity contribution < 1.29 is 4.79 Å². The standard InChI is InChI=1S/C14H12BrNOS/c15-11-7-12(18-9-11)8-16-6-5-10-3-1-2-4-13(10)14(16)17/h1-4,7,9H,5-6,8H2. The van der Waals surface area contributed by atoms with Crippen LogP contribution >= 0.6 is 27.3 Å². The average Bonchev–Trinajstić information content (AvgIpc) is 2.79. The summed E-state index contributed by atoms with van der Waals surface area (Å²) >= 11 is 5.13. The number of hydrogen-bond donors (Lipinski definition) is 0. The van der Waals surface area contributed by atoms with Crippen molar-refractivity contribution in [3.8, 4) is 0 Å². The van der Waals surface area contributed by atoms with Crippen LogP contribution in [-0.2, 0) is 13.0 Å². The summed E-state index contributed by atoms with van der Waals surface area (Å²) in [4.78, 5) is 15.5. The smallest absolute Gasteiger partial charge is 0.254 e. The van der Waals surface area contributed by atoms with E-state index in [1.54, 1.807) is 11.3 Å². The Balaban J connectivity index is 1.82. The van der Waals surface area contributed by atoms with Crippen molar-refractivity contribution in [2.24, 2.45) is 0 Å². The zero-order valence-electron chi connectivity index (χ0n) is 9.73. The Bertz CT molecular complexity index is 593. The number of hydrogen-bond acceptors (Lipinski definition) is 2. The van der Waals surface area contributed by atoms with Crippen molar-refractivity contribution in [1.82, 2.24) is 4.90 Å². The third-order valence-corrected chi connectivity index (χ3v) is 4.84. The molecule has 2 nitrogen and oxygen atoms in total. The minimum atomic E-state index is 0.154. The van der Waals surface area contributed by atoms with E-state index in [0.29, 0.717) is 6.54 Å². The third kappa shape index (κ3) is 2.22. The van der Waals surface area contributed by atoms with Crippen LogP contribution in [0.5, 0.6) is 0 Å². The molecule has 0 saturated heterocycles. The molecule has 0 unspecified atom stereocenters. The zero-order valence-corrected chi connectivity index (χ0v) is 12.1. The van der Waals surface area contributed by atoms with Gasteiger partial charge in [0.1, 0.15) is 0 Å². The molecule has 0 N–H and O–H groups in total. The minimum absolute atomic E-state index is 0.154. The van der Waals surface area contributed by atoms with E-state index in [4.69, 9.17) is 0 Å². The topological polar surface area (TPSA) is 20.3 Å². The van der Waals surface area contributed by atoms with Crippen molar-refractivity contribution in [3.63, 3.8) is 0 Å². The summed E-state index contributed by atoms with van der Waals surface area (Å²) in [7, 11) is 0. The predicted molar refractivity (Wildman–Crippen MR) is 76.9 cm³/mol. The van der Waals surface area contributed by atoms with Crippen molar-refractivity contribution in [1.29, 1.82) is 0 Å². The van der Waals surface area contributed by atoms with Gasteiger partial charge in [-0.3, -0.25) is 4.79 Å². The molecule has 2 heterocycles. The number of carbonyl (C=O) groups is 1. The molecule has 1 aliphatic heterocycles. The summed E-state index contributed by atoms with van der Waals surface area (Å²) in [6.07, 6.45) is 0.953. The third-order valence-electron chi connectivity index (χ3n) is 3.15. The van der Waals surface area contributed by atoms with Crippen LogP contribution in [0.3, 0.4) is 0 Å². The van der Waals surface area contributed by atoms with Crippen LogP contribution in [0.2, 0.25) is 0 Å². The molecule has 1 aromatic heterocycles. The minimum Gasteiger partial charge on any atom is -0.333 e. The van der Waals surface area contributed by atoms with Crippen molar-refractivity contribution >= 4 is 33.2 Å². The number of amides is 1. The van der Waals surface area contributed by atoms with Gasteiger partial charge in [0, 0.05) is 26.8 Å². The molecule has 0 bridgehead atoms. The number of nitrogens with zero attached hydrogens (tertiary/aromatic N) is 1. The highest BCUT2D eigenvalue weighted by atomic mass is 79.9. The second-order valence-electron chi connectivity index (χ2n) is 4.37. The highest BCUT2D eigenvalue weighted by Crippen LogP contribution is 2.24. The maximum Gasteiger partial charge on any atom is 0.254 e. The van der Waals surface area contributed by atoms with Gasteiger partial charge in [-0.1, -0.05) is 18.2 Å². The monoisotopic (exact) mass is 321 g/mol. The Morgan fingerprint density at radius 1 is 1.33 bits per heavy atom. The number of halogens is 1. The van der Waals surface area contributed by atoms with E-state index >= 15 is 0 Å². The Hall–Kier alpha value is -1.13. The van der Waals surface area contributed by atoms with Crippen molar-refractivity contribution in [2.45, 2.75) is 13.0 Å². The fourth-order valence-corrected chi connectivity index (χ4v) is 3.72. The molecule has 0 fully saturated rings. The molecule has 0 spiro atoms. The predicted octanol–water partition coefficient (Wildman–Crippen LogP) is 3.71. The molecule has 0 radical (unpaired) electrons. The summed E-state index contributed by atoms with van der Waals surface area (Å²) in [5.41, 5.74) is 2.03. The molecule has 1 aromatic carbocycles. The Morgan fingerprint density at radius 2 is 2.17 bits per heavy atom. The van der Waals surface area contributed by atoms with Gasteiger partial charge in [0.05, 0.1) is 6.54 Å². The number of benzene rings is 1. The molecule has 0 atom stereocenters. The summed E-state index contributed by atoms with van der Waals surface area (Å²) < 4.78 is 1.09. The molecule has 1 amide bonds. The molecular weight excluding hydrogens is 310 g/mol. The Labute approximate surface area is 118 Å². The molecule has 0 aliphatic carbocycles. The second-order valence-corrected chi connectivity index (χ2v) is 6.28. The first kappa shape index (κ1) is 11.9. The zero-order chi connectivity index (χ0) is 12.5. The fraction of sp³-hybridized carbons (Fsp3) is 0.214. The van der Waals surface area contributed by atoms with E-state index in [1.165, 1.54) is 10.4 Å². The summed E-state index contributed by atoms with van der Waals surface area (Å²) in [6.45, 7) is 1.52. The number of carbonyl (C=O) groups excluding carboxylic acids is 1. The van der Waals surface area contributed by atoms with Gasteiger partial charge in [0.2, 0.25) is 0 Å². The van der Waals surface area contributed by atoms with E-state index in [2.05, 4.69) is 27.4 Å². The van der Waals surface area contributed by atoms with Gasteiger partial charge in [-0.15, -0.1) is 11.3 Å². The van der Waals surface area contributed by atoms with Gasteiger partial charge in [0.15, 0.2) is 0 Å². The van der Waals surface area contributed by atoms with E-state index in [-0.39, 0.29) is 5.91 Å². The molecule has 2 aromatic rings. The number of fused-ring (bicyclic) bond motifs is 1. The van der Waals surface area contributed by atoms with Crippen LogP contribution < -0.4 is 0 Å². The van der Waals surface area contributed by atoms with Crippen LogP contribution in [0.25, 0.3) is 0 Å². The summed E-state index contributed by atoms with van der Waals surface area (Å²) in [6, 6.07) is 9.99. The highest BCUT2D eigenvalue weighted by molar-refractivity contribution is 9.10. The lowest BCUT2D eigenvalue weighted by Gasteiger charge is -2.28. The SMILES string of the molecule is O=C1c2ccccc2CCN1Cc1cc(Br)cs1. The lowest BCUT2D eigenvalue weighted by Crippen LogP contribution is -2.36. The first-order valence-corrected chi connectivity index (χ1v) is 7.51. The molecule has 92 valence electrons. The molecule has 18 heavy (non-hydrogen) atoms. The lowest BCUT2D eigenvalue weighted by molar-refractivity contribution is 0.0729. The molecule has 4 heteroatoms. The van der Waals surface area contributed by atoms with Gasteiger partial charge in [0.25, 0.3) is 5.91 Å². The maximum absolute atomic E-state index is 12.3. The van der Waals surface area contributed by atoms with Gasteiger partial charge >= 0.3 is 0 Å². The van der Waals surface area contributed by atoms with Gasteiger partial charge in [-0.25, -0.2) is 0 Å². The second kappa shape index (κ2) is 4.86. The van der Waals surface area contributed by atoms with Gasteiger partial charge in [-0.05, 0) is 40.0 Å². The summed E-state index contributed by atoms with van der Waals surface area (Å²) in [5.74, 6) is 0.154.